The summed E-state index contributed by atoms with van der Waals surface area (Å²) in [7, 11) is 1.62. The lowest BCUT2D eigenvalue weighted by Gasteiger charge is -2.16. The van der Waals surface area contributed by atoms with Crippen LogP contribution < -0.4 is 16.4 Å². The fourth-order valence-electron chi connectivity index (χ4n) is 1.74. The number of hydrogen-bond acceptors (Lipinski definition) is 3. The van der Waals surface area contributed by atoms with Crippen LogP contribution in [0.5, 0.6) is 0 Å². The summed E-state index contributed by atoms with van der Waals surface area (Å²) in [6.07, 6.45) is 2.19. The smallest absolute Gasteiger partial charge is 0.251 e. The Morgan fingerprint density at radius 1 is 1.47 bits per heavy atom. The van der Waals surface area contributed by atoms with Crippen LogP contribution in [0, 0.1) is 0 Å². The van der Waals surface area contributed by atoms with Crippen LogP contribution in [-0.2, 0) is 0 Å². The van der Waals surface area contributed by atoms with E-state index in [1.165, 1.54) is 0 Å². The van der Waals surface area contributed by atoms with Crippen molar-refractivity contribution < 1.29 is 4.79 Å². The number of nitrogens with one attached hydrogen (secondary N) is 2. The zero-order valence-corrected chi connectivity index (χ0v) is 10.7. The summed E-state index contributed by atoms with van der Waals surface area (Å²) in [5, 5.41) is 5.92. The van der Waals surface area contributed by atoms with E-state index >= 15 is 0 Å². The van der Waals surface area contributed by atoms with E-state index in [9.17, 15) is 4.79 Å². The summed E-state index contributed by atoms with van der Waals surface area (Å²) in [6.45, 7) is 4.25. The fraction of sp³-hybridized carbons (Fsp3) is 0.462. The number of carbonyl (C=O) groups is 1. The highest BCUT2D eigenvalue weighted by Gasteiger charge is 2.08. The molecule has 1 unspecified atom stereocenters. The average molecular weight is 235 g/mol. The summed E-state index contributed by atoms with van der Waals surface area (Å²) >= 11 is 0. The zero-order chi connectivity index (χ0) is 12.8. The highest BCUT2D eigenvalue weighted by Crippen LogP contribution is 2.21. The number of nitrogens with two attached hydrogens (primary N) is 1. The number of carbonyl (C=O) groups excluding carboxylic acids is 1. The molecular weight excluding hydrogens is 214 g/mol. The standard InChI is InChI=1S/C13H21N3O/c1-4-5-9(2)16-12-8-10(13(17)15-3)6-7-11(12)14/h6-9,16H,4-5,14H2,1-3H3,(H,15,17). The Kier molecular flexibility index (Phi) is 4.82. The van der Waals surface area contributed by atoms with Gasteiger partial charge in [0, 0.05) is 18.7 Å². The molecule has 94 valence electrons. The third-order valence-corrected chi connectivity index (χ3v) is 2.67. The predicted octanol–water partition coefficient (Wildman–Crippen LogP) is 2.23. The molecule has 1 aromatic rings. The second kappa shape index (κ2) is 6.13. The largest absolute Gasteiger partial charge is 0.397 e. The monoisotopic (exact) mass is 235 g/mol. The van der Waals surface area contributed by atoms with Crippen LogP contribution in [0.25, 0.3) is 0 Å². The van der Waals surface area contributed by atoms with E-state index in [0.29, 0.717) is 17.3 Å². The lowest BCUT2D eigenvalue weighted by molar-refractivity contribution is 0.0963. The van der Waals surface area contributed by atoms with Gasteiger partial charge >= 0.3 is 0 Å². The Morgan fingerprint density at radius 3 is 2.76 bits per heavy atom. The minimum Gasteiger partial charge on any atom is -0.397 e. The van der Waals surface area contributed by atoms with Gasteiger partial charge in [-0.2, -0.15) is 0 Å². The molecule has 4 heteroatoms. The van der Waals surface area contributed by atoms with Crippen LogP contribution in [0.2, 0.25) is 0 Å². The summed E-state index contributed by atoms with van der Waals surface area (Å²) < 4.78 is 0. The molecule has 0 aliphatic carbocycles. The van der Waals surface area contributed by atoms with E-state index in [4.69, 9.17) is 5.73 Å². The van der Waals surface area contributed by atoms with E-state index < -0.39 is 0 Å². The molecule has 0 fully saturated rings. The van der Waals surface area contributed by atoms with Crippen LogP contribution in [0.1, 0.15) is 37.0 Å². The maximum absolute atomic E-state index is 11.5. The molecule has 0 spiro atoms. The van der Waals surface area contributed by atoms with Crippen molar-refractivity contribution in [3.05, 3.63) is 23.8 Å². The Balaban J connectivity index is 2.86. The van der Waals surface area contributed by atoms with Gasteiger partial charge in [0.15, 0.2) is 0 Å². The zero-order valence-electron chi connectivity index (χ0n) is 10.7. The molecule has 4 N–H and O–H groups in total. The predicted molar refractivity (Wildman–Crippen MR) is 72.2 cm³/mol. The number of hydrogen-bond donors (Lipinski definition) is 3. The van der Waals surface area contributed by atoms with Crippen molar-refractivity contribution in [2.75, 3.05) is 18.1 Å². The first-order chi connectivity index (χ1) is 8.08. The Labute approximate surface area is 103 Å². The summed E-state index contributed by atoms with van der Waals surface area (Å²) in [5.74, 6) is -0.101. The first-order valence-electron chi connectivity index (χ1n) is 5.96. The van der Waals surface area contributed by atoms with Gasteiger partial charge in [-0.3, -0.25) is 4.79 Å². The molecule has 1 aromatic carbocycles. The lowest BCUT2D eigenvalue weighted by Crippen LogP contribution is -2.19. The number of benzene rings is 1. The van der Waals surface area contributed by atoms with Gasteiger partial charge in [-0.05, 0) is 31.5 Å². The second-order valence-corrected chi connectivity index (χ2v) is 4.22. The van der Waals surface area contributed by atoms with Crippen molar-refractivity contribution in [2.24, 2.45) is 0 Å². The molecule has 1 rings (SSSR count). The molecule has 0 radical (unpaired) electrons. The van der Waals surface area contributed by atoms with E-state index in [0.717, 1.165) is 18.5 Å². The molecule has 0 saturated heterocycles. The summed E-state index contributed by atoms with van der Waals surface area (Å²) in [6, 6.07) is 5.62. The molecule has 0 saturated carbocycles. The quantitative estimate of drug-likeness (QED) is 0.686. The van der Waals surface area contributed by atoms with E-state index in [2.05, 4.69) is 24.5 Å². The van der Waals surface area contributed by atoms with E-state index in [-0.39, 0.29) is 5.91 Å². The van der Waals surface area contributed by atoms with Crippen LogP contribution in [0.15, 0.2) is 18.2 Å². The lowest BCUT2D eigenvalue weighted by atomic mass is 10.1. The molecule has 0 heterocycles. The average Bonchev–Trinajstić information content (AvgIpc) is 2.31. The third-order valence-electron chi connectivity index (χ3n) is 2.67. The van der Waals surface area contributed by atoms with Crippen molar-refractivity contribution in [1.29, 1.82) is 0 Å². The molecule has 0 aliphatic rings. The highest BCUT2D eigenvalue weighted by atomic mass is 16.1. The first-order valence-corrected chi connectivity index (χ1v) is 5.96. The SMILES string of the molecule is CCCC(C)Nc1cc(C(=O)NC)ccc1N. The maximum Gasteiger partial charge on any atom is 0.251 e. The van der Waals surface area contributed by atoms with Crippen LogP contribution in [0.3, 0.4) is 0 Å². The number of anilines is 2. The number of nitrogen functional groups attached to an aromatic ring is 1. The van der Waals surface area contributed by atoms with Gasteiger partial charge in [-0.25, -0.2) is 0 Å². The van der Waals surface area contributed by atoms with Crippen molar-refractivity contribution in [2.45, 2.75) is 32.7 Å². The Hall–Kier alpha value is -1.71. The summed E-state index contributed by atoms with van der Waals surface area (Å²) in [5.41, 5.74) is 7.99. The van der Waals surface area contributed by atoms with Gasteiger partial charge in [-0.1, -0.05) is 13.3 Å². The molecule has 1 atom stereocenters. The molecule has 1 amide bonds. The molecular formula is C13H21N3O. The van der Waals surface area contributed by atoms with Crippen LogP contribution in [0.4, 0.5) is 11.4 Å². The minimum absolute atomic E-state index is 0.101. The van der Waals surface area contributed by atoms with Gasteiger partial charge in [0.25, 0.3) is 5.91 Å². The van der Waals surface area contributed by atoms with Gasteiger partial charge in [0.2, 0.25) is 0 Å². The van der Waals surface area contributed by atoms with E-state index in [1.54, 1.807) is 25.2 Å². The van der Waals surface area contributed by atoms with Crippen molar-refractivity contribution in [3.63, 3.8) is 0 Å². The van der Waals surface area contributed by atoms with Gasteiger partial charge in [0.05, 0.1) is 11.4 Å². The third kappa shape index (κ3) is 3.66. The molecule has 4 nitrogen and oxygen atoms in total. The maximum atomic E-state index is 11.5. The number of amides is 1. The molecule has 0 aromatic heterocycles. The topological polar surface area (TPSA) is 67.2 Å². The first kappa shape index (κ1) is 13.4. The second-order valence-electron chi connectivity index (χ2n) is 4.22. The van der Waals surface area contributed by atoms with Crippen molar-refractivity contribution >= 4 is 17.3 Å². The normalized spacial score (nSPS) is 11.9. The van der Waals surface area contributed by atoms with Crippen molar-refractivity contribution in [1.82, 2.24) is 5.32 Å². The number of rotatable bonds is 5. The van der Waals surface area contributed by atoms with E-state index in [1.807, 2.05) is 0 Å². The van der Waals surface area contributed by atoms with Crippen molar-refractivity contribution in [3.8, 4) is 0 Å². The Bertz CT molecular complexity index is 390. The molecule has 0 aliphatic heterocycles. The molecule has 0 bridgehead atoms. The summed E-state index contributed by atoms with van der Waals surface area (Å²) in [4.78, 5) is 11.5. The van der Waals surface area contributed by atoms with Gasteiger partial charge in [0.1, 0.15) is 0 Å². The van der Waals surface area contributed by atoms with Gasteiger partial charge in [-0.15, -0.1) is 0 Å². The fourth-order valence-corrected chi connectivity index (χ4v) is 1.74. The molecule has 17 heavy (non-hydrogen) atoms. The van der Waals surface area contributed by atoms with Crippen LogP contribution in [-0.4, -0.2) is 19.0 Å². The Morgan fingerprint density at radius 2 is 2.18 bits per heavy atom. The minimum atomic E-state index is -0.101. The van der Waals surface area contributed by atoms with Crippen LogP contribution >= 0.6 is 0 Å². The highest BCUT2D eigenvalue weighted by molar-refractivity contribution is 5.96. The van der Waals surface area contributed by atoms with Gasteiger partial charge < -0.3 is 16.4 Å².